The van der Waals surface area contributed by atoms with E-state index in [9.17, 15) is 9.18 Å². The number of hydrogen-bond donors (Lipinski definition) is 0. The molecule has 1 heterocycles. The van der Waals surface area contributed by atoms with Gasteiger partial charge in [-0.15, -0.1) is 0 Å². The number of hydrogen-bond acceptors (Lipinski definition) is 3. The number of halogens is 3. The molecule has 1 aliphatic carbocycles. The highest BCUT2D eigenvalue weighted by Gasteiger charge is 2.70. The van der Waals surface area contributed by atoms with Gasteiger partial charge in [0.2, 0.25) is 0 Å². The number of amides is 1. The highest BCUT2D eigenvalue weighted by Crippen LogP contribution is 2.64. The van der Waals surface area contributed by atoms with Crippen LogP contribution in [0.4, 0.5) is 9.18 Å². The predicted molar refractivity (Wildman–Crippen MR) is 115 cm³/mol. The molecule has 0 N–H and O–H groups in total. The van der Waals surface area contributed by atoms with Crippen LogP contribution in [-0.4, -0.2) is 36.3 Å². The smallest absolute Gasteiger partial charge is 0.410 e. The highest BCUT2D eigenvalue weighted by molar-refractivity contribution is 6.42. The fourth-order valence-corrected chi connectivity index (χ4v) is 4.80. The standard InChI is InChI=1S/C23H24Cl2FNO3/c1-22(2,3)30-21(28)27-11-17-18(12-29-16-7-5-15(26)6-8-16)23(17,13-27)14-4-9-19(24)20(25)10-14/h4-10,17-18H,11-13H2,1-3H3. The minimum absolute atomic E-state index is 0.207. The van der Waals surface area contributed by atoms with Crippen LogP contribution < -0.4 is 4.74 Å². The van der Waals surface area contributed by atoms with Crippen molar-refractivity contribution in [2.24, 2.45) is 11.8 Å². The summed E-state index contributed by atoms with van der Waals surface area (Å²) in [4.78, 5) is 14.4. The Bertz CT molecular complexity index is 960. The van der Waals surface area contributed by atoms with E-state index in [0.29, 0.717) is 35.5 Å². The average molecular weight is 452 g/mol. The van der Waals surface area contributed by atoms with Crippen LogP contribution in [0.5, 0.6) is 5.75 Å². The molecule has 0 spiro atoms. The Hall–Kier alpha value is -1.98. The van der Waals surface area contributed by atoms with Gasteiger partial charge in [-0.2, -0.15) is 0 Å². The molecule has 30 heavy (non-hydrogen) atoms. The molecule has 160 valence electrons. The van der Waals surface area contributed by atoms with Gasteiger partial charge in [-0.05, 0) is 68.7 Å². The van der Waals surface area contributed by atoms with Gasteiger partial charge < -0.3 is 14.4 Å². The topological polar surface area (TPSA) is 38.8 Å². The summed E-state index contributed by atoms with van der Waals surface area (Å²) in [5, 5.41) is 0.984. The molecule has 2 aliphatic rings. The average Bonchev–Trinajstić information content (AvgIpc) is 3.07. The second-order valence-electron chi connectivity index (χ2n) is 9.01. The molecule has 4 nitrogen and oxygen atoms in total. The van der Waals surface area contributed by atoms with E-state index < -0.39 is 5.60 Å². The van der Waals surface area contributed by atoms with E-state index in [1.165, 1.54) is 12.1 Å². The number of piperidine rings is 1. The maximum absolute atomic E-state index is 13.1. The van der Waals surface area contributed by atoms with Gasteiger partial charge in [-0.3, -0.25) is 0 Å². The Morgan fingerprint density at radius 1 is 1.17 bits per heavy atom. The van der Waals surface area contributed by atoms with Crippen LogP contribution in [-0.2, 0) is 10.2 Å². The quantitative estimate of drug-likeness (QED) is 0.576. The van der Waals surface area contributed by atoms with Gasteiger partial charge in [0.15, 0.2) is 0 Å². The number of benzene rings is 2. The van der Waals surface area contributed by atoms with E-state index in [0.717, 1.165) is 5.56 Å². The molecule has 2 aromatic rings. The van der Waals surface area contributed by atoms with E-state index in [1.54, 1.807) is 23.1 Å². The van der Waals surface area contributed by atoms with Crippen molar-refractivity contribution in [1.82, 2.24) is 4.90 Å². The first-order chi connectivity index (χ1) is 14.1. The predicted octanol–water partition coefficient (Wildman–Crippen LogP) is 5.95. The van der Waals surface area contributed by atoms with Crippen LogP contribution >= 0.6 is 23.2 Å². The minimum atomic E-state index is -0.550. The van der Waals surface area contributed by atoms with Gasteiger partial charge in [-0.25, -0.2) is 9.18 Å². The van der Waals surface area contributed by atoms with Gasteiger partial charge in [0.05, 0.1) is 16.7 Å². The van der Waals surface area contributed by atoms with E-state index in [-0.39, 0.29) is 29.2 Å². The molecule has 1 saturated carbocycles. The molecular formula is C23H24Cl2FNO3. The van der Waals surface area contributed by atoms with Crippen molar-refractivity contribution in [2.75, 3.05) is 19.7 Å². The molecule has 1 aliphatic heterocycles. The van der Waals surface area contributed by atoms with E-state index in [4.69, 9.17) is 32.7 Å². The van der Waals surface area contributed by atoms with Crippen molar-refractivity contribution in [3.63, 3.8) is 0 Å². The van der Waals surface area contributed by atoms with Crippen LogP contribution in [0.2, 0.25) is 10.0 Å². The van der Waals surface area contributed by atoms with Gasteiger partial charge in [0.1, 0.15) is 17.2 Å². The maximum atomic E-state index is 13.1. The Balaban J connectivity index is 1.54. The first kappa shape index (κ1) is 21.3. The van der Waals surface area contributed by atoms with E-state index in [1.807, 2.05) is 32.9 Å². The molecule has 0 bridgehead atoms. The van der Waals surface area contributed by atoms with Crippen molar-refractivity contribution in [1.29, 1.82) is 0 Å². The molecule has 4 rings (SSSR count). The zero-order chi connectivity index (χ0) is 21.7. The van der Waals surface area contributed by atoms with Gasteiger partial charge in [-0.1, -0.05) is 29.3 Å². The van der Waals surface area contributed by atoms with Crippen LogP contribution in [0.25, 0.3) is 0 Å². The Morgan fingerprint density at radius 3 is 2.50 bits per heavy atom. The summed E-state index contributed by atoms with van der Waals surface area (Å²) in [6.07, 6.45) is -0.313. The summed E-state index contributed by atoms with van der Waals surface area (Å²) >= 11 is 12.4. The molecule has 2 fully saturated rings. The summed E-state index contributed by atoms with van der Waals surface area (Å²) in [7, 11) is 0. The first-order valence-corrected chi connectivity index (χ1v) is 10.7. The molecule has 0 aromatic heterocycles. The molecular weight excluding hydrogens is 428 g/mol. The lowest BCUT2D eigenvalue weighted by Gasteiger charge is -2.28. The maximum Gasteiger partial charge on any atom is 0.410 e. The normalized spacial score (nSPS) is 25.1. The third-order valence-corrected chi connectivity index (χ3v) is 6.66. The highest BCUT2D eigenvalue weighted by atomic mass is 35.5. The number of ether oxygens (including phenoxy) is 2. The van der Waals surface area contributed by atoms with Crippen LogP contribution in [0, 0.1) is 17.7 Å². The summed E-state index contributed by atoms with van der Waals surface area (Å²) < 4.78 is 24.6. The van der Waals surface area contributed by atoms with Gasteiger partial charge in [0.25, 0.3) is 0 Å². The lowest BCUT2D eigenvalue weighted by atomic mass is 9.93. The van der Waals surface area contributed by atoms with Gasteiger partial charge in [0, 0.05) is 24.4 Å². The SMILES string of the molecule is CC(C)(C)OC(=O)N1CC2C(COc3ccc(F)cc3)C2(c2ccc(Cl)c(Cl)c2)C1. The van der Waals surface area contributed by atoms with E-state index in [2.05, 4.69) is 0 Å². The van der Waals surface area contributed by atoms with Crippen LogP contribution in [0.3, 0.4) is 0 Å². The minimum Gasteiger partial charge on any atom is -0.493 e. The van der Waals surface area contributed by atoms with Crippen molar-refractivity contribution < 1.29 is 18.7 Å². The second-order valence-corrected chi connectivity index (χ2v) is 9.82. The molecule has 3 unspecified atom stereocenters. The summed E-state index contributed by atoms with van der Waals surface area (Å²) in [6.45, 7) is 7.16. The third kappa shape index (κ3) is 3.97. The summed E-state index contributed by atoms with van der Waals surface area (Å²) in [5.41, 5.74) is 0.234. The number of fused-ring (bicyclic) bond motifs is 1. The van der Waals surface area contributed by atoms with Gasteiger partial charge >= 0.3 is 6.09 Å². The van der Waals surface area contributed by atoms with Crippen LogP contribution in [0.1, 0.15) is 26.3 Å². The van der Waals surface area contributed by atoms with Crippen molar-refractivity contribution in [3.8, 4) is 5.75 Å². The molecule has 1 amide bonds. The molecule has 0 radical (unpaired) electrons. The van der Waals surface area contributed by atoms with Crippen molar-refractivity contribution >= 4 is 29.3 Å². The number of rotatable bonds is 4. The molecule has 7 heteroatoms. The first-order valence-electron chi connectivity index (χ1n) is 9.92. The molecule has 1 saturated heterocycles. The fraction of sp³-hybridized carbons (Fsp3) is 0.435. The summed E-state index contributed by atoms with van der Waals surface area (Å²) in [5.74, 6) is 0.752. The summed E-state index contributed by atoms with van der Waals surface area (Å²) in [6, 6.07) is 11.6. The number of nitrogens with zero attached hydrogens (tertiary/aromatic N) is 1. The molecule has 3 atom stereocenters. The van der Waals surface area contributed by atoms with E-state index >= 15 is 0 Å². The van der Waals surface area contributed by atoms with Crippen molar-refractivity contribution in [2.45, 2.75) is 31.8 Å². The zero-order valence-electron chi connectivity index (χ0n) is 17.1. The van der Waals surface area contributed by atoms with Crippen molar-refractivity contribution in [3.05, 3.63) is 63.9 Å². The fourth-order valence-electron chi connectivity index (χ4n) is 4.50. The Labute approximate surface area is 185 Å². The Morgan fingerprint density at radius 2 is 1.87 bits per heavy atom. The Kier molecular flexibility index (Phi) is 5.39. The number of carbonyl (C=O) groups excluding carboxylic acids is 1. The molecule has 2 aromatic carbocycles. The third-order valence-electron chi connectivity index (χ3n) is 5.92. The lowest BCUT2D eigenvalue weighted by molar-refractivity contribution is 0.0255. The number of carbonyl (C=O) groups is 1. The number of likely N-dealkylation sites (tertiary alicyclic amines) is 1. The second kappa shape index (κ2) is 7.61. The monoisotopic (exact) mass is 451 g/mol. The largest absolute Gasteiger partial charge is 0.493 e. The van der Waals surface area contributed by atoms with Crippen LogP contribution in [0.15, 0.2) is 42.5 Å². The zero-order valence-corrected chi connectivity index (χ0v) is 18.6. The lowest BCUT2D eigenvalue weighted by Crippen LogP contribution is -2.39.